The van der Waals surface area contributed by atoms with Crippen LogP contribution in [-0.4, -0.2) is 50.3 Å². The minimum atomic E-state index is -3.62. The molecule has 174 valence electrons. The molecular formula is C21H27N3O6S2. The molecule has 32 heavy (non-hydrogen) atoms. The fourth-order valence-corrected chi connectivity index (χ4v) is 5.95. The Morgan fingerprint density at radius 2 is 1.91 bits per heavy atom. The first kappa shape index (κ1) is 24.0. The van der Waals surface area contributed by atoms with Gasteiger partial charge in [-0.05, 0) is 62.4 Å². The number of piperidine rings is 1. The molecule has 0 spiro atoms. The fraction of sp³-hybridized carbons (Fsp3) is 0.429. The van der Waals surface area contributed by atoms with Crippen molar-refractivity contribution in [3.63, 3.8) is 0 Å². The van der Waals surface area contributed by atoms with Gasteiger partial charge in [-0.2, -0.15) is 4.31 Å². The first-order chi connectivity index (χ1) is 15.3. The summed E-state index contributed by atoms with van der Waals surface area (Å²) in [5.74, 6) is -0.319. The zero-order valence-electron chi connectivity index (χ0n) is 17.9. The molecule has 0 aliphatic carbocycles. The Morgan fingerprint density at radius 1 is 1.19 bits per heavy atom. The van der Waals surface area contributed by atoms with Gasteiger partial charge in [-0.15, -0.1) is 11.3 Å². The van der Waals surface area contributed by atoms with E-state index in [9.17, 15) is 18.0 Å². The van der Waals surface area contributed by atoms with Gasteiger partial charge in [0.1, 0.15) is 15.7 Å². The standard InChI is InChI=1S/C21H27N3O6S2/c1-3-29-17-8-10-18(11-9-17)30-15(2)20(25)22-23-21(26)16-6-4-12-24(14-16)32(27,28)19-7-5-13-31-19/h5,7-11,13,15-16H,3-4,6,12,14H2,1-2H3,(H,22,25)(H,23,26). The summed E-state index contributed by atoms with van der Waals surface area (Å²) >= 11 is 1.15. The number of sulfonamides is 1. The lowest BCUT2D eigenvalue weighted by Crippen LogP contribution is -2.52. The molecule has 1 aromatic carbocycles. The predicted octanol–water partition coefficient (Wildman–Crippen LogP) is 2.16. The zero-order valence-corrected chi connectivity index (χ0v) is 19.6. The van der Waals surface area contributed by atoms with Gasteiger partial charge in [-0.25, -0.2) is 8.42 Å². The van der Waals surface area contributed by atoms with Crippen molar-refractivity contribution in [3.8, 4) is 11.5 Å². The van der Waals surface area contributed by atoms with Crippen molar-refractivity contribution in [1.82, 2.24) is 15.2 Å². The molecule has 2 heterocycles. The number of ether oxygens (including phenoxy) is 2. The molecule has 2 atom stereocenters. The number of nitrogens with one attached hydrogen (secondary N) is 2. The van der Waals surface area contributed by atoms with Crippen molar-refractivity contribution >= 4 is 33.2 Å². The van der Waals surface area contributed by atoms with Crippen molar-refractivity contribution in [3.05, 3.63) is 41.8 Å². The summed E-state index contributed by atoms with van der Waals surface area (Å²) in [4.78, 5) is 24.8. The monoisotopic (exact) mass is 481 g/mol. The van der Waals surface area contributed by atoms with Gasteiger partial charge in [-0.1, -0.05) is 6.07 Å². The molecule has 1 fully saturated rings. The minimum absolute atomic E-state index is 0.0696. The molecule has 1 saturated heterocycles. The van der Waals surface area contributed by atoms with Gasteiger partial charge in [-0.3, -0.25) is 20.4 Å². The number of hydrogen-bond acceptors (Lipinski definition) is 7. The number of benzene rings is 1. The summed E-state index contributed by atoms with van der Waals surface area (Å²) in [5, 5.41) is 1.70. The molecule has 2 aromatic rings. The van der Waals surface area contributed by atoms with E-state index < -0.39 is 33.9 Å². The summed E-state index contributed by atoms with van der Waals surface area (Å²) in [7, 11) is -3.62. The largest absolute Gasteiger partial charge is 0.494 e. The second-order valence-electron chi connectivity index (χ2n) is 7.28. The average Bonchev–Trinajstić information content (AvgIpc) is 3.35. The molecule has 9 nitrogen and oxygen atoms in total. The van der Waals surface area contributed by atoms with Crippen LogP contribution in [0.25, 0.3) is 0 Å². The normalized spacial score (nSPS) is 17.9. The van der Waals surface area contributed by atoms with Gasteiger partial charge >= 0.3 is 0 Å². The minimum Gasteiger partial charge on any atom is -0.494 e. The highest BCUT2D eigenvalue weighted by Gasteiger charge is 2.34. The van der Waals surface area contributed by atoms with Crippen LogP contribution in [0.15, 0.2) is 46.0 Å². The van der Waals surface area contributed by atoms with Gasteiger partial charge in [0.05, 0.1) is 12.5 Å². The molecular weight excluding hydrogens is 454 g/mol. The van der Waals surface area contributed by atoms with Crippen LogP contribution in [0.3, 0.4) is 0 Å². The number of carbonyl (C=O) groups excluding carboxylic acids is 2. The van der Waals surface area contributed by atoms with Gasteiger partial charge in [0.25, 0.3) is 15.9 Å². The number of rotatable bonds is 8. The van der Waals surface area contributed by atoms with Crippen molar-refractivity contribution in [2.45, 2.75) is 37.0 Å². The molecule has 0 saturated carbocycles. The molecule has 3 rings (SSSR count). The van der Waals surface area contributed by atoms with Crippen LogP contribution in [0, 0.1) is 5.92 Å². The van der Waals surface area contributed by atoms with Crippen LogP contribution >= 0.6 is 11.3 Å². The van der Waals surface area contributed by atoms with Gasteiger partial charge < -0.3 is 9.47 Å². The number of nitrogens with zero attached hydrogens (tertiary/aromatic N) is 1. The number of thiophene rings is 1. The number of hydrazine groups is 1. The molecule has 0 radical (unpaired) electrons. The number of carbonyl (C=O) groups is 2. The van der Waals surface area contributed by atoms with E-state index in [4.69, 9.17) is 9.47 Å². The van der Waals surface area contributed by atoms with Gasteiger partial charge in [0, 0.05) is 13.1 Å². The van der Waals surface area contributed by atoms with E-state index >= 15 is 0 Å². The molecule has 1 aromatic heterocycles. The van der Waals surface area contributed by atoms with Crippen LogP contribution < -0.4 is 20.3 Å². The second kappa shape index (κ2) is 10.8. The third-order valence-corrected chi connectivity index (χ3v) is 8.21. The number of hydrogen-bond donors (Lipinski definition) is 2. The van der Waals surface area contributed by atoms with Crippen molar-refractivity contribution in [1.29, 1.82) is 0 Å². The molecule has 2 N–H and O–H groups in total. The van der Waals surface area contributed by atoms with Gasteiger partial charge in [0.2, 0.25) is 5.91 Å². The van der Waals surface area contributed by atoms with E-state index in [1.165, 1.54) is 4.31 Å². The van der Waals surface area contributed by atoms with Gasteiger partial charge in [0.15, 0.2) is 6.10 Å². The highest BCUT2D eigenvalue weighted by molar-refractivity contribution is 7.91. The predicted molar refractivity (Wildman–Crippen MR) is 120 cm³/mol. The molecule has 2 unspecified atom stereocenters. The maximum absolute atomic E-state index is 12.7. The molecule has 1 aliphatic rings. The Morgan fingerprint density at radius 3 is 2.56 bits per heavy atom. The fourth-order valence-electron chi connectivity index (χ4n) is 3.28. The molecule has 2 amide bonds. The summed E-state index contributed by atoms with van der Waals surface area (Å²) in [6, 6.07) is 10.1. The maximum Gasteiger partial charge on any atom is 0.279 e. The van der Waals surface area contributed by atoms with E-state index in [1.807, 2.05) is 6.92 Å². The van der Waals surface area contributed by atoms with E-state index in [-0.39, 0.29) is 10.8 Å². The smallest absolute Gasteiger partial charge is 0.279 e. The third kappa shape index (κ3) is 5.99. The van der Waals surface area contributed by atoms with Crippen LogP contribution in [0.1, 0.15) is 26.7 Å². The Balaban J connectivity index is 1.49. The van der Waals surface area contributed by atoms with E-state index in [0.717, 1.165) is 11.3 Å². The summed E-state index contributed by atoms with van der Waals surface area (Å²) < 4.78 is 38.0. The van der Waals surface area contributed by atoms with Crippen LogP contribution in [0.4, 0.5) is 0 Å². The average molecular weight is 482 g/mol. The van der Waals surface area contributed by atoms with Crippen molar-refractivity contribution in [2.75, 3.05) is 19.7 Å². The van der Waals surface area contributed by atoms with E-state index in [1.54, 1.807) is 48.7 Å². The molecule has 1 aliphatic heterocycles. The first-order valence-corrected chi connectivity index (χ1v) is 12.7. The topological polar surface area (TPSA) is 114 Å². The third-order valence-electron chi connectivity index (χ3n) is 4.97. The van der Waals surface area contributed by atoms with Crippen LogP contribution in [0.2, 0.25) is 0 Å². The lowest BCUT2D eigenvalue weighted by Gasteiger charge is -2.30. The lowest BCUT2D eigenvalue weighted by atomic mass is 9.99. The highest BCUT2D eigenvalue weighted by atomic mass is 32.2. The SMILES string of the molecule is CCOc1ccc(OC(C)C(=O)NNC(=O)C2CCCN(S(=O)(=O)c3cccs3)C2)cc1. The summed E-state index contributed by atoms with van der Waals surface area (Å²) in [6.07, 6.45) is 0.250. The second-order valence-corrected chi connectivity index (χ2v) is 10.4. The Hall–Kier alpha value is -2.63. The summed E-state index contributed by atoms with van der Waals surface area (Å²) in [5.41, 5.74) is 4.75. The van der Waals surface area contributed by atoms with Crippen LogP contribution in [-0.2, 0) is 19.6 Å². The Labute approximate surface area is 191 Å². The lowest BCUT2D eigenvalue weighted by molar-refractivity contribution is -0.134. The van der Waals surface area contributed by atoms with Crippen molar-refractivity contribution < 1.29 is 27.5 Å². The van der Waals surface area contributed by atoms with E-state index in [0.29, 0.717) is 37.5 Å². The van der Waals surface area contributed by atoms with Crippen molar-refractivity contribution in [2.24, 2.45) is 5.92 Å². The maximum atomic E-state index is 12.7. The van der Waals surface area contributed by atoms with E-state index in [2.05, 4.69) is 10.9 Å². The first-order valence-electron chi connectivity index (χ1n) is 10.3. The summed E-state index contributed by atoms with van der Waals surface area (Å²) in [6.45, 7) is 4.44. The molecule has 11 heteroatoms. The zero-order chi connectivity index (χ0) is 23.1. The Kier molecular flexibility index (Phi) is 8.10. The highest BCUT2D eigenvalue weighted by Crippen LogP contribution is 2.26. The number of amides is 2. The van der Waals surface area contributed by atoms with Crippen LogP contribution in [0.5, 0.6) is 11.5 Å². The Bertz CT molecular complexity index is 1010. The quantitative estimate of drug-likeness (QED) is 0.559. The molecule has 0 bridgehead atoms.